The van der Waals surface area contributed by atoms with Crippen LogP contribution in [0.15, 0.2) is 53.3 Å². The standard InChI is InChI=1S/C24H23N5O2/c1-15-9-11-17(12-10-15)29-22-20(24(30)28(16(2)25-22)13-6-14-31-3)21-23(29)27-19-8-5-4-7-18(19)26-21/h4-5,7-12H,6,13-14H2,1-3H3. The zero-order valence-corrected chi connectivity index (χ0v) is 17.8. The number of rotatable bonds is 5. The van der Waals surface area contributed by atoms with Crippen LogP contribution >= 0.6 is 0 Å². The molecule has 156 valence electrons. The van der Waals surface area contributed by atoms with E-state index in [9.17, 15) is 4.79 Å². The largest absolute Gasteiger partial charge is 0.385 e. The number of nitrogens with zero attached hydrogens (tertiary/aromatic N) is 5. The first-order chi connectivity index (χ1) is 15.1. The number of aryl methyl sites for hydroxylation is 2. The molecule has 0 aliphatic heterocycles. The Morgan fingerprint density at radius 2 is 1.61 bits per heavy atom. The molecule has 0 amide bonds. The van der Waals surface area contributed by atoms with E-state index in [1.54, 1.807) is 11.7 Å². The number of hydrogen-bond donors (Lipinski definition) is 0. The van der Waals surface area contributed by atoms with Crippen LogP contribution in [0.4, 0.5) is 0 Å². The summed E-state index contributed by atoms with van der Waals surface area (Å²) in [4.78, 5) is 28.2. The molecule has 31 heavy (non-hydrogen) atoms. The quantitative estimate of drug-likeness (QED) is 0.408. The number of aromatic nitrogens is 5. The van der Waals surface area contributed by atoms with Gasteiger partial charge in [0, 0.05) is 25.9 Å². The van der Waals surface area contributed by atoms with E-state index in [4.69, 9.17) is 19.7 Å². The Bertz CT molecular complexity index is 1480. The summed E-state index contributed by atoms with van der Waals surface area (Å²) in [5.74, 6) is 0.661. The predicted octanol–water partition coefficient (Wildman–Crippen LogP) is 3.94. The van der Waals surface area contributed by atoms with Crippen molar-refractivity contribution in [3.8, 4) is 5.69 Å². The Balaban J connectivity index is 1.90. The molecule has 2 aromatic carbocycles. The van der Waals surface area contributed by atoms with E-state index in [0.29, 0.717) is 41.2 Å². The number of hydrogen-bond acceptors (Lipinski definition) is 5. The van der Waals surface area contributed by atoms with Crippen LogP contribution < -0.4 is 5.56 Å². The van der Waals surface area contributed by atoms with Gasteiger partial charge >= 0.3 is 0 Å². The zero-order valence-electron chi connectivity index (χ0n) is 17.8. The Kier molecular flexibility index (Phi) is 4.75. The summed E-state index contributed by atoms with van der Waals surface area (Å²) in [6.07, 6.45) is 0.732. The first kappa shape index (κ1) is 19.4. The van der Waals surface area contributed by atoms with Crippen molar-refractivity contribution in [1.82, 2.24) is 24.1 Å². The summed E-state index contributed by atoms with van der Waals surface area (Å²) < 4.78 is 8.81. The van der Waals surface area contributed by atoms with Gasteiger partial charge in [0.2, 0.25) is 0 Å². The normalized spacial score (nSPS) is 11.7. The molecular weight excluding hydrogens is 390 g/mol. The number of benzene rings is 2. The molecular formula is C24H23N5O2. The smallest absolute Gasteiger partial charge is 0.265 e. The Morgan fingerprint density at radius 3 is 2.32 bits per heavy atom. The van der Waals surface area contributed by atoms with E-state index in [1.807, 2.05) is 66.9 Å². The Morgan fingerprint density at radius 1 is 0.903 bits per heavy atom. The number of ether oxygens (including phenoxy) is 1. The summed E-state index contributed by atoms with van der Waals surface area (Å²) in [6.45, 7) is 5.03. The summed E-state index contributed by atoms with van der Waals surface area (Å²) >= 11 is 0. The fraction of sp³-hybridized carbons (Fsp3) is 0.250. The monoisotopic (exact) mass is 413 g/mol. The fourth-order valence-corrected chi connectivity index (χ4v) is 4.00. The van der Waals surface area contributed by atoms with Gasteiger partial charge in [0.1, 0.15) is 16.7 Å². The van der Waals surface area contributed by atoms with Crippen LogP contribution in [0, 0.1) is 13.8 Å². The molecule has 0 bridgehead atoms. The van der Waals surface area contributed by atoms with Gasteiger partial charge < -0.3 is 4.74 Å². The molecule has 0 aliphatic rings. The molecule has 3 aromatic heterocycles. The minimum absolute atomic E-state index is 0.0981. The summed E-state index contributed by atoms with van der Waals surface area (Å²) in [7, 11) is 1.66. The molecule has 0 radical (unpaired) electrons. The minimum atomic E-state index is -0.0981. The van der Waals surface area contributed by atoms with E-state index in [1.165, 1.54) is 0 Å². The molecule has 0 N–H and O–H groups in total. The van der Waals surface area contributed by atoms with Gasteiger partial charge in [-0.2, -0.15) is 0 Å². The molecule has 7 nitrogen and oxygen atoms in total. The van der Waals surface area contributed by atoms with Crippen molar-refractivity contribution >= 4 is 33.2 Å². The lowest BCUT2D eigenvalue weighted by atomic mass is 10.2. The van der Waals surface area contributed by atoms with Crippen LogP contribution in [-0.4, -0.2) is 37.8 Å². The van der Waals surface area contributed by atoms with Gasteiger partial charge in [-0.1, -0.05) is 29.8 Å². The van der Waals surface area contributed by atoms with Crippen molar-refractivity contribution in [2.75, 3.05) is 13.7 Å². The number of methoxy groups -OCH3 is 1. The summed E-state index contributed by atoms with van der Waals surface area (Å²) in [5, 5.41) is 0.497. The Hall–Kier alpha value is -3.58. The number of fused-ring (bicyclic) bond motifs is 4. The summed E-state index contributed by atoms with van der Waals surface area (Å²) in [5.41, 5.74) is 5.29. The number of para-hydroxylation sites is 2. The van der Waals surface area contributed by atoms with Crippen molar-refractivity contribution in [2.24, 2.45) is 0 Å². The molecule has 0 saturated carbocycles. The van der Waals surface area contributed by atoms with E-state index < -0.39 is 0 Å². The van der Waals surface area contributed by atoms with Gasteiger partial charge in [0.15, 0.2) is 11.3 Å². The van der Waals surface area contributed by atoms with Gasteiger partial charge in [-0.3, -0.25) is 13.9 Å². The van der Waals surface area contributed by atoms with Crippen molar-refractivity contribution in [3.05, 3.63) is 70.3 Å². The molecule has 5 rings (SSSR count). The SMILES string of the molecule is COCCCn1c(C)nc2c(c1=O)c1nc3ccccc3nc1n2-c1ccc(C)cc1. The minimum Gasteiger partial charge on any atom is -0.385 e. The lowest BCUT2D eigenvalue weighted by Gasteiger charge is -2.11. The maximum Gasteiger partial charge on any atom is 0.265 e. The maximum atomic E-state index is 13.6. The van der Waals surface area contributed by atoms with Crippen molar-refractivity contribution in [1.29, 1.82) is 0 Å². The highest BCUT2D eigenvalue weighted by molar-refractivity contribution is 6.05. The van der Waals surface area contributed by atoms with Gasteiger partial charge in [-0.15, -0.1) is 0 Å². The molecule has 0 atom stereocenters. The topological polar surface area (TPSA) is 74.8 Å². The highest BCUT2D eigenvalue weighted by Crippen LogP contribution is 2.28. The second-order valence-corrected chi connectivity index (χ2v) is 7.72. The average molecular weight is 413 g/mol. The third-order valence-electron chi connectivity index (χ3n) is 5.58. The van der Waals surface area contributed by atoms with Crippen molar-refractivity contribution in [3.63, 3.8) is 0 Å². The van der Waals surface area contributed by atoms with Crippen LogP contribution in [-0.2, 0) is 11.3 Å². The predicted molar refractivity (Wildman–Crippen MR) is 122 cm³/mol. The maximum absolute atomic E-state index is 13.6. The first-order valence-corrected chi connectivity index (χ1v) is 10.3. The highest BCUT2D eigenvalue weighted by Gasteiger charge is 2.22. The highest BCUT2D eigenvalue weighted by atomic mass is 16.5. The lowest BCUT2D eigenvalue weighted by molar-refractivity contribution is 0.189. The van der Waals surface area contributed by atoms with Gasteiger partial charge in [-0.25, -0.2) is 15.0 Å². The molecule has 3 heterocycles. The lowest BCUT2D eigenvalue weighted by Crippen LogP contribution is -2.24. The van der Waals surface area contributed by atoms with Crippen LogP contribution in [0.1, 0.15) is 17.8 Å². The molecule has 0 aliphatic carbocycles. The van der Waals surface area contributed by atoms with Crippen LogP contribution in [0.2, 0.25) is 0 Å². The van der Waals surface area contributed by atoms with E-state index in [-0.39, 0.29) is 5.56 Å². The second-order valence-electron chi connectivity index (χ2n) is 7.72. The molecule has 0 spiro atoms. The molecule has 0 unspecified atom stereocenters. The Labute approximate surface area is 179 Å². The van der Waals surface area contributed by atoms with Crippen LogP contribution in [0.25, 0.3) is 38.9 Å². The first-order valence-electron chi connectivity index (χ1n) is 10.3. The van der Waals surface area contributed by atoms with Gasteiger partial charge in [0.05, 0.1) is 11.0 Å². The molecule has 7 heteroatoms. The van der Waals surface area contributed by atoms with E-state index in [0.717, 1.165) is 28.7 Å². The van der Waals surface area contributed by atoms with Crippen molar-refractivity contribution < 1.29 is 4.74 Å². The van der Waals surface area contributed by atoms with E-state index >= 15 is 0 Å². The second kappa shape index (κ2) is 7.59. The molecule has 5 aromatic rings. The fourth-order valence-electron chi connectivity index (χ4n) is 4.00. The van der Waals surface area contributed by atoms with E-state index in [2.05, 4.69) is 0 Å². The van der Waals surface area contributed by atoms with Crippen LogP contribution in [0.3, 0.4) is 0 Å². The third kappa shape index (κ3) is 3.18. The summed E-state index contributed by atoms with van der Waals surface area (Å²) in [6, 6.07) is 15.8. The average Bonchev–Trinajstić information content (AvgIpc) is 3.08. The van der Waals surface area contributed by atoms with Gasteiger partial charge in [-0.05, 0) is 44.5 Å². The molecule has 0 fully saturated rings. The molecule has 0 saturated heterocycles. The van der Waals surface area contributed by atoms with Crippen LogP contribution in [0.5, 0.6) is 0 Å². The van der Waals surface area contributed by atoms with Gasteiger partial charge in [0.25, 0.3) is 5.56 Å². The third-order valence-corrected chi connectivity index (χ3v) is 5.58. The van der Waals surface area contributed by atoms with Crippen molar-refractivity contribution in [2.45, 2.75) is 26.8 Å². The zero-order chi connectivity index (χ0) is 21.5.